The number of aromatic carboxylic acids is 1. The van der Waals surface area contributed by atoms with Crippen LogP contribution in [0.15, 0.2) is 21.6 Å². The van der Waals surface area contributed by atoms with E-state index in [2.05, 4.69) is 6.92 Å². The van der Waals surface area contributed by atoms with Gasteiger partial charge in [-0.1, -0.05) is 50.8 Å². The molecule has 0 radical (unpaired) electrons. The maximum Gasteiger partial charge on any atom is 0.371 e. The first-order valence-corrected chi connectivity index (χ1v) is 7.18. The lowest BCUT2D eigenvalue weighted by Gasteiger charge is -1.99. The van der Waals surface area contributed by atoms with Gasteiger partial charge < -0.3 is 9.52 Å². The third-order valence-corrected chi connectivity index (χ3v) is 3.53. The summed E-state index contributed by atoms with van der Waals surface area (Å²) in [5, 5.41) is 9.39. The molecule has 96 valence electrons. The van der Waals surface area contributed by atoms with E-state index in [0.29, 0.717) is 5.09 Å². The molecule has 0 fully saturated rings. The Morgan fingerprint density at radius 3 is 2.59 bits per heavy atom. The molecule has 3 nitrogen and oxygen atoms in total. The monoisotopic (exact) mass is 256 g/mol. The van der Waals surface area contributed by atoms with Crippen molar-refractivity contribution >= 4 is 17.7 Å². The Hall–Kier alpha value is -0.900. The van der Waals surface area contributed by atoms with E-state index in [9.17, 15) is 4.79 Å². The molecule has 0 aliphatic carbocycles. The van der Waals surface area contributed by atoms with Crippen molar-refractivity contribution in [2.45, 2.75) is 50.5 Å². The number of carbonyl (C=O) groups is 1. The number of furan rings is 1. The van der Waals surface area contributed by atoms with E-state index < -0.39 is 5.97 Å². The van der Waals surface area contributed by atoms with Crippen LogP contribution in [0.5, 0.6) is 0 Å². The summed E-state index contributed by atoms with van der Waals surface area (Å²) in [4.78, 5) is 10.6. The molecule has 0 amide bonds. The fourth-order valence-corrected chi connectivity index (χ4v) is 2.43. The van der Waals surface area contributed by atoms with Crippen molar-refractivity contribution in [3.8, 4) is 0 Å². The summed E-state index contributed by atoms with van der Waals surface area (Å²) in [5.41, 5.74) is 0. The quantitative estimate of drug-likeness (QED) is 0.524. The molecule has 0 aliphatic heterocycles. The van der Waals surface area contributed by atoms with Crippen molar-refractivity contribution in [3.05, 3.63) is 17.9 Å². The van der Waals surface area contributed by atoms with E-state index in [1.165, 1.54) is 38.2 Å². The smallest absolute Gasteiger partial charge is 0.371 e. The number of rotatable bonds is 9. The first-order valence-electron chi connectivity index (χ1n) is 6.20. The van der Waals surface area contributed by atoms with Crippen LogP contribution in [0.1, 0.15) is 56.0 Å². The van der Waals surface area contributed by atoms with Gasteiger partial charge in [0.15, 0.2) is 5.09 Å². The van der Waals surface area contributed by atoms with Gasteiger partial charge in [0.25, 0.3) is 0 Å². The van der Waals surface area contributed by atoms with Gasteiger partial charge in [0.05, 0.1) is 0 Å². The summed E-state index contributed by atoms with van der Waals surface area (Å²) < 4.78 is 5.15. The summed E-state index contributed by atoms with van der Waals surface area (Å²) in [5.74, 6) is 0.0189. The highest BCUT2D eigenvalue weighted by molar-refractivity contribution is 7.99. The lowest BCUT2D eigenvalue weighted by Crippen LogP contribution is -1.91. The molecule has 17 heavy (non-hydrogen) atoms. The van der Waals surface area contributed by atoms with E-state index in [0.717, 1.165) is 12.2 Å². The number of unbranched alkanes of at least 4 members (excludes halogenated alkanes) is 5. The summed E-state index contributed by atoms with van der Waals surface area (Å²) >= 11 is 1.59. The van der Waals surface area contributed by atoms with Gasteiger partial charge in [-0.3, -0.25) is 0 Å². The SMILES string of the molecule is CCCCCCCCSc1ccc(C(=O)O)o1. The van der Waals surface area contributed by atoms with Crippen molar-refractivity contribution in [1.82, 2.24) is 0 Å². The third-order valence-electron chi connectivity index (χ3n) is 2.53. The van der Waals surface area contributed by atoms with Crippen molar-refractivity contribution in [2.24, 2.45) is 0 Å². The summed E-state index contributed by atoms with van der Waals surface area (Å²) in [6, 6.07) is 3.23. The number of thioether (sulfide) groups is 1. The Morgan fingerprint density at radius 2 is 1.94 bits per heavy atom. The first-order chi connectivity index (χ1) is 8.24. The van der Waals surface area contributed by atoms with Gasteiger partial charge in [0.1, 0.15) is 0 Å². The molecule has 0 spiro atoms. The van der Waals surface area contributed by atoms with Gasteiger partial charge in [0.2, 0.25) is 5.76 Å². The molecular formula is C13H20O3S. The molecule has 1 aromatic rings. The molecule has 1 N–H and O–H groups in total. The molecule has 1 aromatic heterocycles. The molecular weight excluding hydrogens is 236 g/mol. The molecule has 0 atom stereocenters. The average Bonchev–Trinajstić information content (AvgIpc) is 2.77. The van der Waals surface area contributed by atoms with Crippen LogP contribution in [0.3, 0.4) is 0 Å². The normalized spacial score (nSPS) is 10.6. The Balaban J connectivity index is 2.07. The Bertz CT molecular complexity index is 333. The zero-order valence-electron chi connectivity index (χ0n) is 10.3. The second-order valence-corrected chi connectivity index (χ2v) is 5.14. The van der Waals surface area contributed by atoms with Crippen LogP contribution in [0, 0.1) is 0 Å². The zero-order valence-corrected chi connectivity index (χ0v) is 11.1. The maximum atomic E-state index is 10.6. The van der Waals surface area contributed by atoms with E-state index in [-0.39, 0.29) is 5.76 Å². The van der Waals surface area contributed by atoms with Crippen LogP contribution >= 0.6 is 11.8 Å². The third kappa shape index (κ3) is 5.82. The highest BCUT2D eigenvalue weighted by atomic mass is 32.2. The van der Waals surface area contributed by atoms with Crippen molar-refractivity contribution < 1.29 is 14.3 Å². The van der Waals surface area contributed by atoms with Crippen LogP contribution < -0.4 is 0 Å². The molecule has 0 unspecified atom stereocenters. The molecule has 1 rings (SSSR count). The minimum absolute atomic E-state index is 0.0236. The number of hydrogen-bond donors (Lipinski definition) is 1. The number of carboxylic acids is 1. The second-order valence-electron chi connectivity index (χ2n) is 4.04. The minimum atomic E-state index is -1.00. The number of hydrogen-bond acceptors (Lipinski definition) is 3. The Labute approximate surface area is 107 Å². The van der Waals surface area contributed by atoms with Gasteiger partial charge in [0, 0.05) is 5.75 Å². The van der Waals surface area contributed by atoms with Crippen molar-refractivity contribution in [1.29, 1.82) is 0 Å². The standard InChI is InChI=1S/C13H20O3S/c1-2-3-4-5-6-7-10-17-12-9-8-11(16-12)13(14)15/h8-9H,2-7,10H2,1H3,(H,14,15). The first kappa shape index (κ1) is 14.2. The predicted octanol–water partition coefficient (Wildman–Crippen LogP) is 4.43. The Kier molecular flexibility index (Phi) is 6.86. The lowest BCUT2D eigenvalue weighted by molar-refractivity contribution is 0.0656. The van der Waals surface area contributed by atoms with Gasteiger partial charge in [-0.15, -0.1) is 0 Å². The highest BCUT2D eigenvalue weighted by Gasteiger charge is 2.08. The predicted molar refractivity (Wildman–Crippen MR) is 69.8 cm³/mol. The lowest BCUT2D eigenvalue weighted by atomic mass is 10.1. The fourth-order valence-electron chi connectivity index (χ4n) is 1.57. The summed E-state index contributed by atoms with van der Waals surface area (Å²) in [6.45, 7) is 2.22. The van der Waals surface area contributed by atoms with Crippen LogP contribution in [-0.4, -0.2) is 16.8 Å². The molecule has 0 bridgehead atoms. The second kappa shape index (κ2) is 8.23. The summed E-state index contributed by atoms with van der Waals surface area (Å²) in [6.07, 6.45) is 7.64. The van der Waals surface area contributed by atoms with Crippen molar-refractivity contribution in [3.63, 3.8) is 0 Å². The van der Waals surface area contributed by atoms with E-state index in [1.54, 1.807) is 17.8 Å². The van der Waals surface area contributed by atoms with Crippen molar-refractivity contribution in [2.75, 3.05) is 5.75 Å². The molecule has 4 heteroatoms. The number of carboxylic acid groups (broad SMARTS) is 1. The van der Waals surface area contributed by atoms with Crippen LogP contribution in [0.2, 0.25) is 0 Å². The van der Waals surface area contributed by atoms with E-state index in [1.807, 2.05) is 0 Å². The maximum absolute atomic E-state index is 10.6. The largest absolute Gasteiger partial charge is 0.475 e. The molecule has 0 saturated heterocycles. The van der Waals surface area contributed by atoms with Gasteiger partial charge in [-0.25, -0.2) is 4.79 Å². The molecule has 0 aromatic carbocycles. The van der Waals surface area contributed by atoms with Crippen LogP contribution in [-0.2, 0) is 0 Å². The topological polar surface area (TPSA) is 50.4 Å². The molecule has 0 saturated carbocycles. The summed E-state index contributed by atoms with van der Waals surface area (Å²) in [7, 11) is 0. The van der Waals surface area contributed by atoms with Crippen LogP contribution in [0.25, 0.3) is 0 Å². The minimum Gasteiger partial charge on any atom is -0.475 e. The van der Waals surface area contributed by atoms with Gasteiger partial charge >= 0.3 is 5.97 Å². The average molecular weight is 256 g/mol. The van der Waals surface area contributed by atoms with Crippen LogP contribution in [0.4, 0.5) is 0 Å². The molecule has 0 aliphatic rings. The van der Waals surface area contributed by atoms with E-state index >= 15 is 0 Å². The Morgan fingerprint density at radius 1 is 1.24 bits per heavy atom. The molecule has 1 heterocycles. The highest BCUT2D eigenvalue weighted by Crippen LogP contribution is 2.22. The van der Waals surface area contributed by atoms with Gasteiger partial charge in [-0.05, 0) is 18.6 Å². The van der Waals surface area contributed by atoms with Gasteiger partial charge in [-0.2, -0.15) is 0 Å². The fraction of sp³-hybridized carbons (Fsp3) is 0.615. The zero-order chi connectivity index (χ0) is 12.5. The van der Waals surface area contributed by atoms with E-state index in [4.69, 9.17) is 9.52 Å².